The van der Waals surface area contributed by atoms with Gasteiger partial charge in [0.15, 0.2) is 0 Å². The third-order valence-corrected chi connectivity index (χ3v) is 2.63. The summed E-state index contributed by atoms with van der Waals surface area (Å²) in [6, 6.07) is 16.3. The van der Waals surface area contributed by atoms with Gasteiger partial charge >= 0.3 is 0 Å². The molecule has 0 atom stereocenters. The van der Waals surface area contributed by atoms with Crippen molar-refractivity contribution < 1.29 is 4.74 Å². The van der Waals surface area contributed by atoms with Crippen LogP contribution in [0.4, 0.5) is 0 Å². The zero-order valence-electron chi connectivity index (χ0n) is 10.0. The maximum absolute atomic E-state index is 5.82. The van der Waals surface area contributed by atoms with Crippen LogP contribution < -0.4 is 4.74 Å². The van der Waals surface area contributed by atoms with E-state index in [4.69, 9.17) is 4.74 Å². The number of ether oxygens (including phenoxy) is 1. The highest BCUT2D eigenvalue weighted by Crippen LogP contribution is 2.22. The van der Waals surface area contributed by atoms with E-state index in [9.17, 15) is 0 Å². The lowest BCUT2D eigenvalue weighted by molar-refractivity contribution is 0.305. The predicted octanol–water partition coefficient (Wildman–Crippen LogP) is 4.22. The minimum absolute atomic E-state index is 0.588. The predicted molar refractivity (Wildman–Crippen MR) is 72.0 cm³/mol. The van der Waals surface area contributed by atoms with Crippen LogP contribution in [-0.2, 0) is 6.61 Å². The molecule has 0 aliphatic heterocycles. The lowest BCUT2D eigenvalue weighted by atomic mass is 10.1. The summed E-state index contributed by atoms with van der Waals surface area (Å²) in [5, 5.41) is 0. The van der Waals surface area contributed by atoms with E-state index in [0.717, 1.165) is 11.3 Å². The van der Waals surface area contributed by atoms with Gasteiger partial charge in [0, 0.05) is 5.56 Å². The number of rotatable bonds is 4. The van der Waals surface area contributed by atoms with Gasteiger partial charge < -0.3 is 4.74 Å². The summed E-state index contributed by atoms with van der Waals surface area (Å²) in [7, 11) is 0. The Morgan fingerprint density at radius 2 is 1.88 bits per heavy atom. The van der Waals surface area contributed by atoms with E-state index in [2.05, 4.69) is 31.7 Å². The summed E-state index contributed by atoms with van der Waals surface area (Å²) in [5.41, 5.74) is 3.40. The van der Waals surface area contributed by atoms with Gasteiger partial charge in [0.2, 0.25) is 0 Å². The topological polar surface area (TPSA) is 9.23 Å². The Balaban J connectivity index is 2.13. The molecule has 1 heteroatoms. The van der Waals surface area contributed by atoms with Gasteiger partial charge in [-0.3, -0.25) is 0 Å². The van der Waals surface area contributed by atoms with Crippen LogP contribution >= 0.6 is 0 Å². The molecular weight excluding hydrogens is 208 g/mol. The number of aryl methyl sites for hydroxylation is 1. The molecule has 0 aliphatic carbocycles. The number of benzene rings is 2. The van der Waals surface area contributed by atoms with E-state index < -0.39 is 0 Å². The van der Waals surface area contributed by atoms with Crippen molar-refractivity contribution in [3.63, 3.8) is 0 Å². The highest BCUT2D eigenvalue weighted by molar-refractivity contribution is 5.56. The summed E-state index contributed by atoms with van der Waals surface area (Å²) in [6.07, 6.45) is 1.82. The monoisotopic (exact) mass is 224 g/mol. The van der Waals surface area contributed by atoms with Crippen molar-refractivity contribution in [3.05, 3.63) is 71.8 Å². The standard InChI is InChI=1S/C16H16O/c1-3-15-10-9-13(2)11-16(15)17-12-14-7-5-4-6-8-14/h3-11H,1,12H2,2H3. The first-order valence-electron chi connectivity index (χ1n) is 5.69. The quantitative estimate of drug-likeness (QED) is 0.755. The molecule has 86 valence electrons. The van der Waals surface area contributed by atoms with Gasteiger partial charge in [-0.2, -0.15) is 0 Å². The fourth-order valence-corrected chi connectivity index (χ4v) is 1.67. The molecule has 0 radical (unpaired) electrons. The summed E-state index contributed by atoms with van der Waals surface area (Å²) in [6.45, 7) is 6.44. The Kier molecular flexibility index (Phi) is 3.61. The van der Waals surface area contributed by atoms with Gasteiger partial charge in [-0.05, 0) is 24.1 Å². The van der Waals surface area contributed by atoms with E-state index in [-0.39, 0.29) is 0 Å². The zero-order chi connectivity index (χ0) is 12.1. The van der Waals surface area contributed by atoms with Crippen molar-refractivity contribution in [2.24, 2.45) is 0 Å². The lowest BCUT2D eigenvalue weighted by Crippen LogP contribution is -1.97. The van der Waals surface area contributed by atoms with Crippen LogP contribution in [0.1, 0.15) is 16.7 Å². The number of hydrogen-bond acceptors (Lipinski definition) is 1. The van der Waals surface area contributed by atoms with Gasteiger partial charge in [-0.15, -0.1) is 0 Å². The fourth-order valence-electron chi connectivity index (χ4n) is 1.67. The smallest absolute Gasteiger partial charge is 0.127 e. The molecule has 17 heavy (non-hydrogen) atoms. The van der Waals surface area contributed by atoms with E-state index in [1.54, 1.807) is 0 Å². The maximum atomic E-state index is 5.82. The van der Waals surface area contributed by atoms with Gasteiger partial charge in [0.1, 0.15) is 12.4 Å². The third kappa shape index (κ3) is 2.97. The summed E-state index contributed by atoms with van der Waals surface area (Å²) < 4.78 is 5.82. The average Bonchev–Trinajstić information content (AvgIpc) is 2.38. The Hall–Kier alpha value is -2.02. The van der Waals surface area contributed by atoms with Crippen molar-refractivity contribution in [2.75, 3.05) is 0 Å². The molecule has 0 spiro atoms. The molecule has 2 rings (SSSR count). The Morgan fingerprint density at radius 3 is 2.59 bits per heavy atom. The summed E-state index contributed by atoms with van der Waals surface area (Å²) >= 11 is 0. The summed E-state index contributed by atoms with van der Waals surface area (Å²) in [5.74, 6) is 0.892. The molecule has 2 aromatic carbocycles. The van der Waals surface area contributed by atoms with Gasteiger partial charge in [-0.25, -0.2) is 0 Å². The van der Waals surface area contributed by atoms with Crippen molar-refractivity contribution in [1.29, 1.82) is 0 Å². The minimum atomic E-state index is 0.588. The van der Waals surface area contributed by atoms with Crippen molar-refractivity contribution >= 4 is 6.08 Å². The third-order valence-electron chi connectivity index (χ3n) is 2.63. The molecule has 0 saturated heterocycles. The SMILES string of the molecule is C=Cc1ccc(C)cc1OCc1ccccc1. The molecule has 0 aliphatic rings. The van der Waals surface area contributed by atoms with Crippen LogP contribution in [0.2, 0.25) is 0 Å². The maximum Gasteiger partial charge on any atom is 0.127 e. The molecule has 0 N–H and O–H groups in total. The van der Waals surface area contributed by atoms with E-state index in [1.165, 1.54) is 11.1 Å². The van der Waals surface area contributed by atoms with Crippen molar-refractivity contribution in [2.45, 2.75) is 13.5 Å². The molecule has 0 amide bonds. The molecule has 0 unspecified atom stereocenters. The molecule has 0 fully saturated rings. The van der Waals surface area contributed by atoms with Crippen molar-refractivity contribution in [3.8, 4) is 5.75 Å². The fraction of sp³-hybridized carbons (Fsp3) is 0.125. The lowest BCUT2D eigenvalue weighted by Gasteiger charge is -2.10. The second-order valence-electron chi connectivity index (χ2n) is 4.02. The molecule has 0 bridgehead atoms. The zero-order valence-corrected chi connectivity index (χ0v) is 10.0. The van der Waals surface area contributed by atoms with E-state index in [1.807, 2.05) is 36.4 Å². The highest BCUT2D eigenvalue weighted by atomic mass is 16.5. The van der Waals surface area contributed by atoms with Crippen LogP contribution in [0.25, 0.3) is 6.08 Å². The minimum Gasteiger partial charge on any atom is -0.488 e. The molecule has 0 heterocycles. The normalized spacial score (nSPS) is 9.94. The Bertz CT molecular complexity index is 500. The molecule has 1 nitrogen and oxygen atoms in total. The number of hydrogen-bond donors (Lipinski definition) is 0. The van der Waals surface area contributed by atoms with Gasteiger partial charge in [0.05, 0.1) is 0 Å². The van der Waals surface area contributed by atoms with Crippen LogP contribution in [-0.4, -0.2) is 0 Å². The second kappa shape index (κ2) is 5.35. The first-order chi connectivity index (χ1) is 8.29. The Morgan fingerprint density at radius 1 is 1.12 bits per heavy atom. The van der Waals surface area contributed by atoms with Crippen molar-refractivity contribution in [1.82, 2.24) is 0 Å². The average molecular weight is 224 g/mol. The molecule has 2 aromatic rings. The first kappa shape index (κ1) is 11.5. The highest BCUT2D eigenvalue weighted by Gasteiger charge is 2.01. The molecule has 0 aromatic heterocycles. The van der Waals surface area contributed by atoms with Gasteiger partial charge in [-0.1, -0.05) is 55.1 Å². The van der Waals surface area contributed by atoms with Crippen LogP contribution in [0, 0.1) is 6.92 Å². The van der Waals surface area contributed by atoms with Crippen LogP contribution in [0.15, 0.2) is 55.1 Å². The van der Waals surface area contributed by atoms with Crippen LogP contribution in [0.5, 0.6) is 5.75 Å². The van der Waals surface area contributed by atoms with E-state index >= 15 is 0 Å². The van der Waals surface area contributed by atoms with Crippen LogP contribution in [0.3, 0.4) is 0 Å². The van der Waals surface area contributed by atoms with Gasteiger partial charge in [0.25, 0.3) is 0 Å². The second-order valence-corrected chi connectivity index (χ2v) is 4.02. The molecular formula is C16H16O. The first-order valence-corrected chi connectivity index (χ1v) is 5.69. The Labute approximate surface area is 102 Å². The largest absolute Gasteiger partial charge is 0.488 e. The van der Waals surface area contributed by atoms with E-state index in [0.29, 0.717) is 6.61 Å². The summed E-state index contributed by atoms with van der Waals surface area (Å²) in [4.78, 5) is 0. The molecule has 0 saturated carbocycles.